The van der Waals surface area contributed by atoms with E-state index in [1.807, 2.05) is 51.1 Å². The summed E-state index contributed by atoms with van der Waals surface area (Å²) in [6.07, 6.45) is 0. The van der Waals surface area contributed by atoms with Crippen LogP contribution >= 0.6 is 28.1 Å². The lowest BCUT2D eigenvalue weighted by molar-refractivity contribution is 0.0977. The average molecular weight is 512 g/mol. The quantitative estimate of drug-likeness (QED) is 0.354. The summed E-state index contributed by atoms with van der Waals surface area (Å²) in [5.74, 6) is 0.270. The zero-order valence-electron chi connectivity index (χ0n) is 17.7. The second-order valence-electron chi connectivity index (χ2n) is 7.35. The van der Waals surface area contributed by atoms with Crippen LogP contribution in [-0.4, -0.2) is 21.5 Å². The predicted molar refractivity (Wildman–Crippen MR) is 135 cm³/mol. The Kier molecular flexibility index (Phi) is 7.08. The van der Waals surface area contributed by atoms with Crippen LogP contribution in [0.3, 0.4) is 0 Å². The van der Waals surface area contributed by atoms with Crippen molar-refractivity contribution < 1.29 is 14.7 Å². The molecule has 4 N–H and O–H groups in total. The molecule has 6 nitrogen and oxygen atoms in total. The van der Waals surface area contributed by atoms with Gasteiger partial charge in [0, 0.05) is 21.3 Å². The van der Waals surface area contributed by atoms with Gasteiger partial charge in [-0.05, 0) is 86.1 Å². The Morgan fingerprint density at radius 3 is 2.56 bits per heavy atom. The molecule has 3 aromatic carbocycles. The first-order valence-corrected chi connectivity index (χ1v) is 10.9. The first kappa shape index (κ1) is 23.6. The van der Waals surface area contributed by atoms with Gasteiger partial charge in [0.2, 0.25) is 5.89 Å². The summed E-state index contributed by atoms with van der Waals surface area (Å²) in [4.78, 5) is 17.1. The third-order valence-corrected chi connectivity index (χ3v) is 5.64. The molecule has 0 saturated heterocycles. The summed E-state index contributed by atoms with van der Waals surface area (Å²) in [7, 11) is 0. The summed E-state index contributed by atoms with van der Waals surface area (Å²) >= 11 is 8.72. The van der Waals surface area contributed by atoms with Crippen molar-refractivity contribution in [3.05, 3.63) is 81.3 Å². The number of oxazole rings is 1. The van der Waals surface area contributed by atoms with Crippen LogP contribution in [0.25, 0.3) is 22.6 Å². The van der Waals surface area contributed by atoms with Crippen LogP contribution in [0.1, 0.15) is 27.0 Å². The standard InChI is InChI=1S/C24H20BrN3O2S.H2O/c1-13-10-14(2)21-20(11-13)26-23(30-21)18-8-5-9-19(15(18)3)27-24(31)28-22(29)16-6-4-7-17(25)12-16;/h4-12H,1-3H3,(H2,27,28,29,31);1H2. The van der Waals surface area contributed by atoms with Gasteiger partial charge in [0.05, 0.1) is 0 Å². The van der Waals surface area contributed by atoms with E-state index in [1.54, 1.807) is 18.2 Å². The van der Waals surface area contributed by atoms with Crippen LogP contribution < -0.4 is 10.6 Å². The number of benzene rings is 3. The summed E-state index contributed by atoms with van der Waals surface area (Å²) in [5, 5.41) is 6.04. The largest absolute Gasteiger partial charge is 0.436 e. The van der Waals surface area contributed by atoms with E-state index in [2.05, 4.69) is 37.6 Å². The number of hydrogen-bond acceptors (Lipinski definition) is 4. The molecule has 0 aliphatic rings. The zero-order chi connectivity index (χ0) is 22.1. The highest BCUT2D eigenvalue weighted by molar-refractivity contribution is 9.10. The van der Waals surface area contributed by atoms with Crippen LogP contribution in [0, 0.1) is 20.8 Å². The van der Waals surface area contributed by atoms with Gasteiger partial charge in [0.1, 0.15) is 5.52 Å². The van der Waals surface area contributed by atoms with Gasteiger partial charge in [-0.25, -0.2) is 4.98 Å². The average Bonchev–Trinajstić information content (AvgIpc) is 3.13. The van der Waals surface area contributed by atoms with Gasteiger partial charge in [0.25, 0.3) is 5.91 Å². The lowest BCUT2D eigenvalue weighted by Crippen LogP contribution is -2.34. The van der Waals surface area contributed by atoms with E-state index in [-0.39, 0.29) is 16.5 Å². The third kappa shape index (κ3) is 4.88. The van der Waals surface area contributed by atoms with Crippen LogP contribution in [-0.2, 0) is 0 Å². The van der Waals surface area contributed by atoms with Crippen molar-refractivity contribution in [2.45, 2.75) is 20.8 Å². The number of anilines is 1. The van der Waals surface area contributed by atoms with Crippen molar-refractivity contribution in [1.29, 1.82) is 0 Å². The molecule has 1 heterocycles. The summed E-state index contributed by atoms with van der Waals surface area (Å²) < 4.78 is 6.89. The van der Waals surface area contributed by atoms with E-state index in [9.17, 15) is 4.79 Å². The molecule has 0 atom stereocenters. The van der Waals surface area contributed by atoms with E-state index in [1.165, 1.54) is 0 Å². The second kappa shape index (κ2) is 9.60. The Labute approximate surface area is 199 Å². The lowest BCUT2D eigenvalue weighted by atomic mass is 10.1. The molecule has 164 valence electrons. The summed E-state index contributed by atoms with van der Waals surface area (Å²) in [6, 6.07) is 17.0. The monoisotopic (exact) mass is 511 g/mol. The second-order valence-corrected chi connectivity index (χ2v) is 8.67. The molecule has 0 aliphatic heterocycles. The van der Waals surface area contributed by atoms with Crippen molar-refractivity contribution in [2.24, 2.45) is 0 Å². The number of amides is 1. The van der Waals surface area contributed by atoms with Crippen LogP contribution in [0.2, 0.25) is 0 Å². The number of rotatable bonds is 3. The van der Waals surface area contributed by atoms with Gasteiger partial charge in [-0.3, -0.25) is 10.1 Å². The maximum absolute atomic E-state index is 12.4. The molecule has 8 heteroatoms. The van der Waals surface area contributed by atoms with Crippen molar-refractivity contribution in [1.82, 2.24) is 10.3 Å². The fraction of sp³-hybridized carbons (Fsp3) is 0.125. The number of hydrogen-bond donors (Lipinski definition) is 2. The fourth-order valence-electron chi connectivity index (χ4n) is 3.45. The molecule has 4 aromatic rings. The van der Waals surface area contributed by atoms with Crippen LogP contribution in [0.15, 0.2) is 63.5 Å². The van der Waals surface area contributed by atoms with E-state index in [4.69, 9.17) is 16.6 Å². The maximum atomic E-state index is 12.4. The number of thiocarbonyl (C=S) groups is 1. The van der Waals surface area contributed by atoms with Gasteiger partial charge < -0.3 is 15.2 Å². The van der Waals surface area contributed by atoms with Crippen molar-refractivity contribution >= 4 is 56.0 Å². The highest BCUT2D eigenvalue weighted by atomic mass is 79.9. The maximum Gasteiger partial charge on any atom is 0.257 e. The van der Waals surface area contributed by atoms with E-state index in [0.29, 0.717) is 11.5 Å². The highest BCUT2D eigenvalue weighted by Crippen LogP contribution is 2.32. The van der Waals surface area contributed by atoms with E-state index >= 15 is 0 Å². The normalized spacial score (nSPS) is 10.5. The lowest BCUT2D eigenvalue weighted by Gasteiger charge is -2.13. The van der Waals surface area contributed by atoms with Crippen LogP contribution in [0.5, 0.6) is 0 Å². The number of halogens is 1. The molecule has 0 radical (unpaired) electrons. The summed E-state index contributed by atoms with van der Waals surface area (Å²) in [5.41, 5.74) is 6.88. The number of nitrogens with one attached hydrogen (secondary N) is 2. The van der Waals surface area contributed by atoms with Crippen molar-refractivity contribution in [2.75, 3.05) is 5.32 Å². The van der Waals surface area contributed by atoms with Gasteiger partial charge in [-0.15, -0.1) is 0 Å². The Balaban J connectivity index is 0.00000289. The minimum Gasteiger partial charge on any atom is -0.436 e. The topological polar surface area (TPSA) is 98.7 Å². The molecule has 0 bridgehead atoms. The van der Waals surface area contributed by atoms with E-state index < -0.39 is 0 Å². The molecule has 0 unspecified atom stereocenters. The van der Waals surface area contributed by atoms with Gasteiger partial charge in [-0.2, -0.15) is 0 Å². The Hall–Kier alpha value is -3.07. The Bertz CT molecular complexity index is 1330. The first-order valence-electron chi connectivity index (χ1n) is 9.67. The predicted octanol–water partition coefficient (Wildman–Crippen LogP) is 5.48. The molecule has 0 spiro atoms. The fourth-order valence-corrected chi connectivity index (χ4v) is 4.06. The zero-order valence-corrected chi connectivity index (χ0v) is 20.1. The molecule has 4 rings (SSSR count). The van der Waals surface area contributed by atoms with Crippen LogP contribution in [0.4, 0.5) is 5.69 Å². The minimum atomic E-state index is -0.280. The molecular weight excluding hydrogens is 490 g/mol. The Morgan fingerprint density at radius 2 is 1.81 bits per heavy atom. The Morgan fingerprint density at radius 1 is 1.06 bits per heavy atom. The highest BCUT2D eigenvalue weighted by Gasteiger charge is 2.15. The van der Waals surface area contributed by atoms with Crippen molar-refractivity contribution in [3.63, 3.8) is 0 Å². The summed E-state index contributed by atoms with van der Waals surface area (Å²) in [6.45, 7) is 6.02. The number of carbonyl (C=O) groups is 1. The number of carbonyl (C=O) groups excluding carboxylic acids is 1. The smallest absolute Gasteiger partial charge is 0.257 e. The molecule has 0 saturated carbocycles. The third-order valence-electron chi connectivity index (χ3n) is 4.95. The van der Waals surface area contributed by atoms with Gasteiger partial charge in [-0.1, -0.05) is 34.1 Å². The van der Waals surface area contributed by atoms with Crippen molar-refractivity contribution in [3.8, 4) is 11.5 Å². The van der Waals surface area contributed by atoms with Gasteiger partial charge in [0.15, 0.2) is 10.7 Å². The number of fused-ring (bicyclic) bond motifs is 1. The number of nitrogens with zero attached hydrogens (tertiary/aromatic N) is 1. The number of aryl methyl sites for hydroxylation is 2. The molecule has 0 fully saturated rings. The SMILES string of the molecule is Cc1cc(C)c2oc(-c3cccc(NC(=S)NC(=O)c4cccc(Br)c4)c3C)nc2c1.O. The van der Waals surface area contributed by atoms with E-state index in [0.717, 1.165) is 43.5 Å². The van der Waals surface area contributed by atoms with Gasteiger partial charge >= 0.3 is 0 Å². The molecule has 1 amide bonds. The molecular formula is C24H22BrN3O3S. The molecule has 32 heavy (non-hydrogen) atoms. The molecule has 0 aliphatic carbocycles. The molecule has 1 aromatic heterocycles. The first-order chi connectivity index (χ1) is 14.8. The number of aromatic nitrogens is 1. The minimum absolute atomic E-state index is 0.